The first-order valence-electron chi connectivity index (χ1n) is 5.91. The van der Waals surface area contributed by atoms with Crippen LogP contribution in [0.25, 0.3) is 0 Å². The van der Waals surface area contributed by atoms with Gasteiger partial charge in [0.05, 0.1) is 6.20 Å². The predicted molar refractivity (Wildman–Crippen MR) is 67.6 cm³/mol. The number of benzene rings is 1. The molecule has 0 radical (unpaired) electrons. The molecule has 1 aromatic heterocycles. The van der Waals surface area contributed by atoms with Gasteiger partial charge in [-0.1, -0.05) is 18.2 Å². The van der Waals surface area contributed by atoms with Crippen LogP contribution in [0, 0.1) is 5.82 Å². The highest BCUT2D eigenvalue weighted by Crippen LogP contribution is 2.29. The van der Waals surface area contributed by atoms with E-state index in [2.05, 4.69) is 10.4 Å². The van der Waals surface area contributed by atoms with Gasteiger partial charge >= 0.3 is 5.97 Å². The molecule has 1 unspecified atom stereocenters. The number of amides is 1. The number of carbonyl (C=O) groups is 3. The topological polar surface area (TPSA) is 101 Å². The summed E-state index contributed by atoms with van der Waals surface area (Å²) < 4.78 is 14.5. The van der Waals surface area contributed by atoms with Gasteiger partial charge in [-0.15, -0.1) is 0 Å². The molecule has 106 valence electrons. The van der Waals surface area contributed by atoms with Crippen molar-refractivity contribution in [2.75, 3.05) is 5.32 Å². The summed E-state index contributed by atoms with van der Waals surface area (Å²) in [6, 6.07) is 5.40. The zero-order valence-corrected chi connectivity index (χ0v) is 10.4. The van der Waals surface area contributed by atoms with E-state index < -0.39 is 29.5 Å². The molecule has 1 atom stereocenters. The van der Waals surface area contributed by atoms with E-state index in [1.54, 1.807) is 0 Å². The number of anilines is 1. The highest BCUT2D eigenvalue weighted by molar-refractivity contribution is 6.17. The minimum atomic E-state index is -1.40. The average molecular weight is 289 g/mol. The standard InChI is InChI=1S/C13H8FN3O4/c14-8-4-2-1-3-6(8)9-11(18)16-10-7(13(20)21)5-15-17(10)12(9)19/h1-5,9H,(H,16,18)(H,20,21). The summed E-state index contributed by atoms with van der Waals surface area (Å²) in [4.78, 5) is 35.3. The number of aromatic nitrogens is 2. The Morgan fingerprint density at radius 3 is 2.71 bits per heavy atom. The maximum Gasteiger partial charge on any atom is 0.341 e. The van der Waals surface area contributed by atoms with Crippen molar-refractivity contribution >= 4 is 23.6 Å². The van der Waals surface area contributed by atoms with Gasteiger partial charge in [0, 0.05) is 5.56 Å². The highest BCUT2D eigenvalue weighted by atomic mass is 19.1. The van der Waals surface area contributed by atoms with Crippen LogP contribution in [-0.4, -0.2) is 32.7 Å². The number of aromatic carboxylic acids is 1. The second-order valence-corrected chi connectivity index (χ2v) is 4.41. The highest BCUT2D eigenvalue weighted by Gasteiger charge is 2.39. The predicted octanol–water partition coefficient (Wildman–Crippen LogP) is 1.10. The van der Waals surface area contributed by atoms with Crippen LogP contribution in [0.2, 0.25) is 0 Å². The van der Waals surface area contributed by atoms with Crippen molar-refractivity contribution in [2.24, 2.45) is 0 Å². The van der Waals surface area contributed by atoms with Gasteiger partial charge in [-0.05, 0) is 6.07 Å². The number of carboxylic acid groups (broad SMARTS) is 1. The van der Waals surface area contributed by atoms with Gasteiger partial charge in [0.25, 0.3) is 5.91 Å². The number of nitrogens with zero attached hydrogens (tertiary/aromatic N) is 2. The Hall–Kier alpha value is -3.03. The van der Waals surface area contributed by atoms with E-state index in [4.69, 9.17) is 5.11 Å². The van der Waals surface area contributed by atoms with E-state index in [1.165, 1.54) is 18.2 Å². The molecule has 0 bridgehead atoms. The van der Waals surface area contributed by atoms with Gasteiger partial charge in [0.2, 0.25) is 5.91 Å². The van der Waals surface area contributed by atoms with Gasteiger partial charge in [0.1, 0.15) is 17.3 Å². The molecular formula is C13H8FN3O4. The first-order valence-corrected chi connectivity index (χ1v) is 5.91. The zero-order chi connectivity index (χ0) is 15.1. The number of hydrogen-bond donors (Lipinski definition) is 2. The molecule has 0 fully saturated rings. The summed E-state index contributed by atoms with van der Waals surface area (Å²) in [5.41, 5.74) is -0.387. The van der Waals surface area contributed by atoms with E-state index in [-0.39, 0.29) is 16.9 Å². The lowest BCUT2D eigenvalue weighted by molar-refractivity contribution is -0.117. The lowest BCUT2D eigenvalue weighted by atomic mass is 9.95. The normalized spacial score (nSPS) is 17.3. The monoisotopic (exact) mass is 289 g/mol. The van der Waals surface area contributed by atoms with E-state index in [0.717, 1.165) is 16.9 Å². The number of hydrogen-bond acceptors (Lipinski definition) is 4. The summed E-state index contributed by atoms with van der Waals surface area (Å²) in [6.45, 7) is 0. The Bertz CT molecular complexity index is 783. The molecule has 0 saturated carbocycles. The summed E-state index contributed by atoms with van der Waals surface area (Å²) in [6.07, 6.45) is 0.958. The van der Waals surface area contributed by atoms with Crippen molar-refractivity contribution in [1.82, 2.24) is 9.78 Å². The number of carbonyl (C=O) groups excluding carboxylic acids is 2. The molecule has 1 aliphatic heterocycles. The molecule has 0 aliphatic carbocycles. The Labute approximate surface area is 117 Å². The van der Waals surface area contributed by atoms with E-state index in [1.807, 2.05) is 0 Å². The van der Waals surface area contributed by atoms with Crippen molar-refractivity contribution in [3.05, 3.63) is 47.4 Å². The number of rotatable bonds is 2. The number of halogens is 1. The van der Waals surface area contributed by atoms with Crippen LogP contribution in [0.3, 0.4) is 0 Å². The van der Waals surface area contributed by atoms with Gasteiger partial charge in [-0.2, -0.15) is 9.78 Å². The SMILES string of the molecule is O=C(O)c1cnn2c1NC(=O)C(c1ccccc1F)C2=O. The third-order valence-corrected chi connectivity index (χ3v) is 3.18. The van der Waals surface area contributed by atoms with Crippen LogP contribution in [0.4, 0.5) is 10.2 Å². The maximum atomic E-state index is 13.8. The number of fused-ring (bicyclic) bond motifs is 1. The van der Waals surface area contributed by atoms with Gasteiger partial charge in [-0.3, -0.25) is 9.59 Å². The van der Waals surface area contributed by atoms with Crippen LogP contribution in [0.15, 0.2) is 30.5 Å². The molecule has 0 saturated heterocycles. The summed E-state index contributed by atoms with van der Waals surface area (Å²) in [5.74, 6) is -5.23. The fraction of sp³-hybridized carbons (Fsp3) is 0.0769. The molecule has 1 amide bonds. The third-order valence-electron chi connectivity index (χ3n) is 3.18. The van der Waals surface area contributed by atoms with Crippen LogP contribution in [0.5, 0.6) is 0 Å². The van der Waals surface area contributed by atoms with Crippen molar-refractivity contribution in [2.45, 2.75) is 5.92 Å². The largest absolute Gasteiger partial charge is 0.477 e. The van der Waals surface area contributed by atoms with E-state index >= 15 is 0 Å². The number of nitrogens with one attached hydrogen (secondary N) is 1. The lowest BCUT2D eigenvalue weighted by Gasteiger charge is -2.22. The molecule has 3 rings (SSSR count). The molecule has 0 spiro atoms. The van der Waals surface area contributed by atoms with Crippen molar-refractivity contribution in [3.8, 4) is 0 Å². The molecule has 8 heteroatoms. The summed E-state index contributed by atoms with van der Waals surface area (Å²) in [7, 11) is 0. The van der Waals surface area contributed by atoms with Crippen LogP contribution >= 0.6 is 0 Å². The molecule has 7 nitrogen and oxygen atoms in total. The van der Waals surface area contributed by atoms with Gasteiger partial charge < -0.3 is 10.4 Å². The van der Waals surface area contributed by atoms with Gasteiger partial charge in [0.15, 0.2) is 5.82 Å². The molecule has 1 aromatic carbocycles. The van der Waals surface area contributed by atoms with Crippen LogP contribution in [0.1, 0.15) is 26.6 Å². The molecule has 1 aliphatic rings. The molecule has 21 heavy (non-hydrogen) atoms. The molecular weight excluding hydrogens is 281 g/mol. The Balaban J connectivity index is 2.11. The van der Waals surface area contributed by atoms with Crippen LogP contribution < -0.4 is 5.32 Å². The fourth-order valence-electron chi connectivity index (χ4n) is 2.20. The second kappa shape index (κ2) is 4.51. The number of carboxylic acids is 1. The van der Waals surface area contributed by atoms with Crippen molar-refractivity contribution in [1.29, 1.82) is 0 Å². The molecule has 2 aromatic rings. The van der Waals surface area contributed by atoms with Crippen molar-refractivity contribution in [3.63, 3.8) is 0 Å². The van der Waals surface area contributed by atoms with Gasteiger partial charge in [-0.25, -0.2) is 9.18 Å². The minimum absolute atomic E-state index is 0.0852. The smallest absolute Gasteiger partial charge is 0.341 e. The fourth-order valence-corrected chi connectivity index (χ4v) is 2.20. The average Bonchev–Trinajstić information content (AvgIpc) is 2.85. The Morgan fingerprint density at radius 2 is 2.05 bits per heavy atom. The van der Waals surface area contributed by atoms with E-state index in [9.17, 15) is 18.8 Å². The summed E-state index contributed by atoms with van der Waals surface area (Å²) in [5, 5.41) is 14.9. The zero-order valence-electron chi connectivity index (χ0n) is 10.4. The Kier molecular flexibility index (Phi) is 2.79. The summed E-state index contributed by atoms with van der Waals surface area (Å²) >= 11 is 0. The van der Waals surface area contributed by atoms with E-state index in [0.29, 0.717) is 0 Å². The third kappa shape index (κ3) is 1.88. The first kappa shape index (κ1) is 13.0. The Morgan fingerprint density at radius 1 is 1.33 bits per heavy atom. The first-order chi connectivity index (χ1) is 10.0. The molecule has 2 heterocycles. The maximum absolute atomic E-state index is 13.8. The van der Waals surface area contributed by atoms with Crippen molar-refractivity contribution < 1.29 is 23.9 Å². The quantitative estimate of drug-likeness (QED) is 0.806. The lowest BCUT2D eigenvalue weighted by Crippen LogP contribution is -2.39. The van der Waals surface area contributed by atoms with Crippen LogP contribution in [-0.2, 0) is 4.79 Å². The minimum Gasteiger partial charge on any atom is -0.477 e. The molecule has 2 N–H and O–H groups in total. The second-order valence-electron chi connectivity index (χ2n) is 4.41.